The molecule has 6 nitrogen and oxygen atoms in total. The van der Waals surface area contributed by atoms with Crippen molar-refractivity contribution in [2.45, 2.75) is 38.8 Å². The van der Waals surface area contributed by atoms with Gasteiger partial charge in [0.05, 0.1) is 12.2 Å². The SMILES string of the molecule is CCC(CC)NC(=O)c1cn(C2CNC2)nn1. The standard InChI is InChI=1S/C11H19N5O/c1-3-8(4-2)13-11(17)10-7-16(15-14-10)9-5-12-6-9/h7-9,12H,3-6H2,1-2H3,(H,13,17). The lowest BCUT2D eigenvalue weighted by Gasteiger charge is -2.26. The van der Waals surface area contributed by atoms with Crippen LogP contribution >= 0.6 is 0 Å². The minimum atomic E-state index is -0.128. The molecule has 0 aliphatic carbocycles. The first-order valence-corrected chi connectivity index (χ1v) is 6.18. The Morgan fingerprint density at radius 2 is 2.29 bits per heavy atom. The highest BCUT2D eigenvalue weighted by atomic mass is 16.2. The lowest BCUT2D eigenvalue weighted by molar-refractivity contribution is 0.0929. The van der Waals surface area contributed by atoms with E-state index in [1.807, 2.05) is 0 Å². The van der Waals surface area contributed by atoms with E-state index in [1.54, 1.807) is 10.9 Å². The largest absolute Gasteiger partial charge is 0.348 e. The number of hydrogen-bond donors (Lipinski definition) is 2. The Bertz CT molecular complexity index is 381. The Morgan fingerprint density at radius 1 is 1.59 bits per heavy atom. The Hall–Kier alpha value is -1.43. The van der Waals surface area contributed by atoms with E-state index in [4.69, 9.17) is 0 Å². The zero-order valence-electron chi connectivity index (χ0n) is 10.3. The van der Waals surface area contributed by atoms with Crippen LogP contribution in [-0.2, 0) is 0 Å². The molecule has 0 bridgehead atoms. The third kappa shape index (κ3) is 2.63. The number of aromatic nitrogens is 3. The highest BCUT2D eigenvalue weighted by Crippen LogP contribution is 2.10. The van der Waals surface area contributed by atoms with Crippen molar-refractivity contribution < 1.29 is 4.79 Å². The van der Waals surface area contributed by atoms with Crippen molar-refractivity contribution in [2.75, 3.05) is 13.1 Å². The van der Waals surface area contributed by atoms with Gasteiger partial charge in [-0.25, -0.2) is 4.68 Å². The Labute approximate surface area is 101 Å². The molecule has 0 spiro atoms. The van der Waals surface area contributed by atoms with Crippen LogP contribution in [0.1, 0.15) is 43.2 Å². The zero-order chi connectivity index (χ0) is 12.3. The summed E-state index contributed by atoms with van der Waals surface area (Å²) in [6, 6.07) is 0.565. The zero-order valence-corrected chi connectivity index (χ0v) is 10.3. The van der Waals surface area contributed by atoms with Crippen molar-refractivity contribution in [3.63, 3.8) is 0 Å². The monoisotopic (exact) mass is 237 g/mol. The minimum Gasteiger partial charge on any atom is -0.348 e. The predicted molar refractivity (Wildman–Crippen MR) is 63.8 cm³/mol. The number of nitrogens with one attached hydrogen (secondary N) is 2. The van der Waals surface area contributed by atoms with Crippen molar-refractivity contribution in [2.24, 2.45) is 0 Å². The summed E-state index contributed by atoms with van der Waals surface area (Å²) in [5, 5.41) is 14.0. The number of nitrogens with zero attached hydrogens (tertiary/aromatic N) is 3. The molecule has 0 saturated carbocycles. The van der Waals surface area contributed by atoms with Gasteiger partial charge < -0.3 is 10.6 Å². The summed E-state index contributed by atoms with van der Waals surface area (Å²) in [5.41, 5.74) is 0.406. The summed E-state index contributed by atoms with van der Waals surface area (Å²) >= 11 is 0. The number of hydrogen-bond acceptors (Lipinski definition) is 4. The molecule has 1 amide bonds. The molecule has 1 fully saturated rings. The predicted octanol–water partition coefficient (Wildman–Crippen LogP) is 0.341. The van der Waals surface area contributed by atoms with Crippen LogP contribution in [0.15, 0.2) is 6.20 Å². The average Bonchev–Trinajstić information content (AvgIpc) is 2.72. The van der Waals surface area contributed by atoms with E-state index in [0.717, 1.165) is 25.9 Å². The number of carbonyl (C=O) groups is 1. The summed E-state index contributed by atoms with van der Waals surface area (Å²) in [6.45, 7) is 5.92. The molecule has 1 aliphatic heterocycles. The van der Waals surface area contributed by atoms with Crippen molar-refractivity contribution in [1.29, 1.82) is 0 Å². The van der Waals surface area contributed by atoms with Crippen LogP contribution in [0.2, 0.25) is 0 Å². The van der Waals surface area contributed by atoms with E-state index in [0.29, 0.717) is 11.7 Å². The Kier molecular flexibility index (Phi) is 3.73. The molecule has 1 saturated heterocycles. The second-order valence-electron chi connectivity index (χ2n) is 4.38. The van der Waals surface area contributed by atoms with Gasteiger partial charge in [0, 0.05) is 19.1 Å². The highest BCUT2D eigenvalue weighted by molar-refractivity contribution is 5.92. The molecule has 94 valence electrons. The molecule has 1 aromatic heterocycles. The van der Waals surface area contributed by atoms with Gasteiger partial charge in [-0.3, -0.25) is 4.79 Å². The minimum absolute atomic E-state index is 0.128. The summed E-state index contributed by atoms with van der Waals surface area (Å²) in [6.07, 6.45) is 3.59. The maximum Gasteiger partial charge on any atom is 0.273 e. The molecule has 0 unspecified atom stereocenters. The van der Waals surface area contributed by atoms with Crippen LogP contribution in [-0.4, -0.2) is 40.0 Å². The maximum absolute atomic E-state index is 11.9. The van der Waals surface area contributed by atoms with Gasteiger partial charge in [0.2, 0.25) is 0 Å². The van der Waals surface area contributed by atoms with Crippen LogP contribution in [0, 0.1) is 0 Å². The molecule has 2 N–H and O–H groups in total. The molecular weight excluding hydrogens is 218 g/mol. The average molecular weight is 237 g/mol. The van der Waals surface area contributed by atoms with Gasteiger partial charge in [0.15, 0.2) is 5.69 Å². The number of carbonyl (C=O) groups excluding carboxylic acids is 1. The first kappa shape index (κ1) is 12.0. The van der Waals surface area contributed by atoms with E-state index >= 15 is 0 Å². The van der Waals surface area contributed by atoms with Gasteiger partial charge in [0.25, 0.3) is 5.91 Å². The van der Waals surface area contributed by atoms with E-state index in [2.05, 4.69) is 34.8 Å². The second kappa shape index (κ2) is 5.27. The highest BCUT2D eigenvalue weighted by Gasteiger charge is 2.22. The molecule has 2 rings (SSSR count). The van der Waals surface area contributed by atoms with E-state index in [1.165, 1.54) is 0 Å². The lowest BCUT2D eigenvalue weighted by Crippen LogP contribution is -2.43. The second-order valence-corrected chi connectivity index (χ2v) is 4.38. The summed E-state index contributed by atoms with van der Waals surface area (Å²) in [5.74, 6) is -0.128. The van der Waals surface area contributed by atoms with Gasteiger partial charge in [0.1, 0.15) is 0 Å². The van der Waals surface area contributed by atoms with Crippen LogP contribution in [0.4, 0.5) is 0 Å². The van der Waals surface area contributed by atoms with Crippen molar-refractivity contribution in [3.05, 3.63) is 11.9 Å². The van der Waals surface area contributed by atoms with Crippen LogP contribution in [0.3, 0.4) is 0 Å². The third-order valence-corrected chi connectivity index (χ3v) is 3.20. The van der Waals surface area contributed by atoms with Gasteiger partial charge in [-0.1, -0.05) is 19.1 Å². The summed E-state index contributed by atoms with van der Waals surface area (Å²) in [4.78, 5) is 11.9. The Balaban J connectivity index is 1.96. The third-order valence-electron chi connectivity index (χ3n) is 3.20. The van der Waals surface area contributed by atoms with Gasteiger partial charge >= 0.3 is 0 Å². The fraction of sp³-hybridized carbons (Fsp3) is 0.727. The van der Waals surface area contributed by atoms with Crippen molar-refractivity contribution >= 4 is 5.91 Å². The van der Waals surface area contributed by atoms with Gasteiger partial charge in [-0.15, -0.1) is 5.10 Å². The molecular formula is C11H19N5O. The summed E-state index contributed by atoms with van der Waals surface area (Å²) in [7, 11) is 0. The molecule has 1 aromatic rings. The molecule has 0 atom stereocenters. The topological polar surface area (TPSA) is 71.8 Å². The van der Waals surface area contributed by atoms with Crippen molar-refractivity contribution in [1.82, 2.24) is 25.6 Å². The van der Waals surface area contributed by atoms with E-state index in [9.17, 15) is 4.79 Å². The fourth-order valence-electron chi connectivity index (χ4n) is 1.77. The molecule has 0 aromatic carbocycles. The molecule has 0 radical (unpaired) electrons. The van der Waals surface area contributed by atoms with E-state index < -0.39 is 0 Å². The van der Waals surface area contributed by atoms with Crippen molar-refractivity contribution in [3.8, 4) is 0 Å². The van der Waals surface area contributed by atoms with Crippen LogP contribution in [0.5, 0.6) is 0 Å². The normalized spacial score (nSPS) is 15.9. The van der Waals surface area contributed by atoms with E-state index in [-0.39, 0.29) is 11.9 Å². The fourth-order valence-corrected chi connectivity index (χ4v) is 1.77. The first-order chi connectivity index (χ1) is 8.24. The quantitative estimate of drug-likeness (QED) is 0.774. The van der Waals surface area contributed by atoms with Gasteiger partial charge in [-0.05, 0) is 12.8 Å². The van der Waals surface area contributed by atoms with Crippen LogP contribution < -0.4 is 10.6 Å². The first-order valence-electron chi connectivity index (χ1n) is 6.18. The van der Waals surface area contributed by atoms with Gasteiger partial charge in [-0.2, -0.15) is 0 Å². The molecule has 2 heterocycles. The maximum atomic E-state index is 11.9. The molecule has 6 heteroatoms. The summed E-state index contributed by atoms with van der Waals surface area (Å²) < 4.78 is 1.76. The van der Waals surface area contributed by atoms with Crippen LogP contribution in [0.25, 0.3) is 0 Å². The number of amides is 1. The Morgan fingerprint density at radius 3 is 2.82 bits per heavy atom. The molecule has 17 heavy (non-hydrogen) atoms. The smallest absolute Gasteiger partial charge is 0.273 e. The molecule has 1 aliphatic rings. The lowest BCUT2D eigenvalue weighted by atomic mass is 10.1. The number of rotatable bonds is 5.